The SMILES string of the molecule is Cc1ccnc(N2CC3(C2)CN(c2nnc4n2-c2ccc(Cl)cc2CN(C2CS(=O)(=O)C2)C4)C3)c1. The fourth-order valence-electron chi connectivity index (χ4n) is 5.95. The summed E-state index contributed by atoms with van der Waals surface area (Å²) in [5.41, 5.74) is 3.58. The summed E-state index contributed by atoms with van der Waals surface area (Å²) in [5, 5.41) is 9.83. The van der Waals surface area contributed by atoms with Crippen molar-refractivity contribution in [1.29, 1.82) is 0 Å². The molecule has 0 atom stereocenters. The van der Waals surface area contributed by atoms with E-state index in [1.807, 2.05) is 30.5 Å². The second kappa shape index (κ2) is 7.41. The van der Waals surface area contributed by atoms with Crippen molar-refractivity contribution >= 4 is 33.2 Å². The lowest BCUT2D eigenvalue weighted by Crippen LogP contribution is -2.73. The number of aromatic nitrogens is 4. The number of benzene rings is 1. The van der Waals surface area contributed by atoms with Gasteiger partial charge in [0, 0.05) is 55.4 Å². The minimum absolute atomic E-state index is 0.00185. The van der Waals surface area contributed by atoms with Gasteiger partial charge in [0.1, 0.15) is 5.82 Å². The Balaban J connectivity index is 1.14. The van der Waals surface area contributed by atoms with Crippen LogP contribution < -0.4 is 9.80 Å². The standard InChI is InChI=1S/C24H26ClN7O2S/c1-16-4-5-26-21(6-16)30-12-24(13-30)14-31(15-24)23-28-27-22-9-29(19-10-35(33,34)11-19)8-17-7-18(25)2-3-20(17)32(22)23/h2-7,19H,8-15H2,1H3. The zero-order valence-corrected chi connectivity index (χ0v) is 21.0. The Hall–Kier alpha value is -2.69. The predicted octanol–water partition coefficient (Wildman–Crippen LogP) is 2.06. The third kappa shape index (κ3) is 3.53. The summed E-state index contributed by atoms with van der Waals surface area (Å²) in [5.74, 6) is 3.14. The highest BCUT2D eigenvalue weighted by molar-refractivity contribution is 7.92. The first-order valence-corrected chi connectivity index (χ1v) is 14.1. The summed E-state index contributed by atoms with van der Waals surface area (Å²) in [6.45, 7) is 7.15. The van der Waals surface area contributed by atoms with Gasteiger partial charge in [-0.15, -0.1) is 10.2 Å². The second-order valence-corrected chi connectivity index (χ2v) is 13.2. The Bertz CT molecular complexity index is 1430. The fraction of sp³-hybridized carbons (Fsp3) is 0.458. The van der Waals surface area contributed by atoms with Crippen LogP contribution in [0.15, 0.2) is 36.5 Å². The summed E-state index contributed by atoms with van der Waals surface area (Å²) in [4.78, 5) is 11.4. The molecule has 2 aromatic heterocycles. The molecule has 4 aliphatic heterocycles. The van der Waals surface area contributed by atoms with Crippen molar-refractivity contribution in [3.8, 4) is 5.69 Å². The van der Waals surface area contributed by atoms with E-state index < -0.39 is 9.84 Å². The average molecular weight is 512 g/mol. The van der Waals surface area contributed by atoms with Crippen LogP contribution >= 0.6 is 11.6 Å². The minimum atomic E-state index is -2.92. The Kier molecular flexibility index (Phi) is 4.57. The summed E-state index contributed by atoms with van der Waals surface area (Å²) < 4.78 is 25.8. The topological polar surface area (TPSA) is 87.5 Å². The van der Waals surface area contributed by atoms with E-state index in [1.165, 1.54) is 5.56 Å². The van der Waals surface area contributed by atoms with Gasteiger partial charge in [-0.1, -0.05) is 11.6 Å². The first-order chi connectivity index (χ1) is 16.8. The van der Waals surface area contributed by atoms with Gasteiger partial charge in [0.2, 0.25) is 5.95 Å². The molecule has 0 radical (unpaired) electrons. The monoisotopic (exact) mass is 511 g/mol. The lowest BCUT2D eigenvalue weighted by atomic mass is 9.73. The molecule has 0 unspecified atom stereocenters. The van der Waals surface area contributed by atoms with Crippen LogP contribution in [-0.2, 0) is 22.9 Å². The molecule has 3 aromatic rings. The molecule has 0 N–H and O–H groups in total. The highest BCUT2D eigenvalue weighted by Crippen LogP contribution is 2.44. The minimum Gasteiger partial charge on any atom is -0.355 e. The van der Waals surface area contributed by atoms with E-state index >= 15 is 0 Å². The molecule has 0 aliphatic carbocycles. The summed E-state index contributed by atoms with van der Waals surface area (Å²) in [6, 6.07) is 10.1. The van der Waals surface area contributed by atoms with Gasteiger partial charge >= 0.3 is 0 Å². The van der Waals surface area contributed by atoms with Crippen LogP contribution in [0, 0.1) is 12.3 Å². The zero-order valence-electron chi connectivity index (χ0n) is 19.4. The molecule has 3 saturated heterocycles. The molecule has 1 aromatic carbocycles. The van der Waals surface area contributed by atoms with Gasteiger partial charge in [0.15, 0.2) is 15.7 Å². The number of aryl methyl sites for hydroxylation is 1. The first-order valence-electron chi connectivity index (χ1n) is 11.9. The number of halogens is 1. The number of nitrogens with zero attached hydrogens (tertiary/aromatic N) is 7. The lowest BCUT2D eigenvalue weighted by Gasteiger charge is -2.60. The van der Waals surface area contributed by atoms with Crippen LogP contribution in [0.4, 0.5) is 11.8 Å². The van der Waals surface area contributed by atoms with Crippen molar-refractivity contribution in [2.24, 2.45) is 5.41 Å². The number of hydrogen-bond acceptors (Lipinski definition) is 8. The number of hydrogen-bond donors (Lipinski definition) is 0. The molecule has 4 aliphatic rings. The van der Waals surface area contributed by atoms with Crippen molar-refractivity contribution in [3.63, 3.8) is 0 Å². The van der Waals surface area contributed by atoms with Gasteiger partial charge in [-0.2, -0.15) is 0 Å². The van der Waals surface area contributed by atoms with Crippen LogP contribution in [0.2, 0.25) is 5.02 Å². The molecule has 3 fully saturated rings. The van der Waals surface area contributed by atoms with E-state index in [2.05, 4.69) is 47.4 Å². The van der Waals surface area contributed by atoms with Crippen LogP contribution in [0.3, 0.4) is 0 Å². The van der Waals surface area contributed by atoms with Crippen LogP contribution in [0.5, 0.6) is 0 Å². The summed E-state index contributed by atoms with van der Waals surface area (Å²) in [7, 11) is -2.92. The second-order valence-electron chi connectivity index (χ2n) is 10.6. The first kappa shape index (κ1) is 21.6. The van der Waals surface area contributed by atoms with Crippen LogP contribution in [0.25, 0.3) is 5.69 Å². The Morgan fingerprint density at radius 3 is 2.51 bits per heavy atom. The largest absolute Gasteiger partial charge is 0.355 e. The Morgan fingerprint density at radius 1 is 1.00 bits per heavy atom. The maximum absolute atomic E-state index is 11.8. The molecule has 11 heteroatoms. The smallest absolute Gasteiger partial charge is 0.231 e. The number of fused-ring (bicyclic) bond motifs is 3. The maximum atomic E-state index is 11.8. The van der Waals surface area contributed by atoms with Gasteiger partial charge < -0.3 is 9.80 Å². The molecule has 9 nitrogen and oxygen atoms in total. The highest BCUT2D eigenvalue weighted by atomic mass is 35.5. The molecule has 182 valence electrons. The molecule has 0 bridgehead atoms. The third-order valence-electron chi connectivity index (χ3n) is 7.74. The van der Waals surface area contributed by atoms with Crippen molar-refractivity contribution in [2.75, 3.05) is 47.5 Å². The highest BCUT2D eigenvalue weighted by Gasteiger charge is 2.53. The lowest BCUT2D eigenvalue weighted by molar-refractivity contribution is 0.153. The quantitative estimate of drug-likeness (QED) is 0.528. The number of pyridine rings is 1. The molecular weight excluding hydrogens is 486 g/mol. The number of anilines is 2. The molecule has 6 heterocycles. The molecular formula is C24H26ClN7O2S. The molecule has 0 amide bonds. The van der Waals surface area contributed by atoms with Gasteiger partial charge in [0.05, 0.1) is 23.7 Å². The van der Waals surface area contributed by atoms with Crippen molar-refractivity contribution in [3.05, 3.63) is 58.5 Å². The normalized spacial score (nSPS) is 22.6. The van der Waals surface area contributed by atoms with E-state index in [-0.39, 0.29) is 23.0 Å². The van der Waals surface area contributed by atoms with E-state index in [0.717, 1.165) is 55.0 Å². The van der Waals surface area contributed by atoms with E-state index in [9.17, 15) is 8.42 Å². The predicted molar refractivity (Wildman–Crippen MR) is 134 cm³/mol. The van der Waals surface area contributed by atoms with Crippen LogP contribution in [0.1, 0.15) is 17.0 Å². The van der Waals surface area contributed by atoms with Gasteiger partial charge in [-0.25, -0.2) is 13.4 Å². The maximum Gasteiger partial charge on any atom is 0.231 e. The van der Waals surface area contributed by atoms with Crippen molar-refractivity contribution < 1.29 is 8.42 Å². The average Bonchev–Trinajstić information content (AvgIpc) is 3.05. The summed E-state index contributed by atoms with van der Waals surface area (Å²) in [6.07, 6.45) is 1.88. The number of rotatable bonds is 3. The van der Waals surface area contributed by atoms with Gasteiger partial charge in [-0.05, 0) is 48.4 Å². The van der Waals surface area contributed by atoms with Crippen LogP contribution in [-0.4, -0.2) is 76.8 Å². The number of sulfone groups is 1. The van der Waals surface area contributed by atoms with E-state index in [0.29, 0.717) is 18.1 Å². The summed E-state index contributed by atoms with van der Waals surface area (Å²) >= 11 is 6.35. The van der Waals surface area contributed by atoms with Crippen molar-refractivity contribution in [2.45, 2.75) is 26.1 Å². The fourth-order valence-corrected chi connectivity index (χ4v) is 7.64. The van der Waals surface area contributed by atoms with Crippen molar-refractivity contribution in [1.82, 2.24) is 24.6 Å². The molecule has 7 rings (SSSR count). The molecule has 35 heavy (non-hydrogen) atoms. The zero-order chi connectivity index (χ0) is 23.9. The molecule has 0 saturated carbocycles. The van der Waals surface area contributed by atoms with Gasteiger partial charge in [-0.3, -0.25) is 9.47 Å². The van der Waals surface area contributed by atoms with Gasteiger partial charge in [0.25, 0.3) is 0 Å². The Morgan fingerprint density at radius 2 is 1.77 bits per heavy atom. The van der Waals surface area contributed by atoms with E-state index in [1.54, 1.807) is 0 Å². The van der Waals surface area contributed by atoms with E-state index in [4.69, 9.17) is 11.6 Å². The Labute approximate surface area is 209 Å². The molecule has 1 spiro atoms. The third-order valence-corrected chi connectivity index (χ3v) is 9.76.